The molecule has 0 aliphatic heterocycles. The molecule has 106 valence electrons. The lowest BCUT2D eigenvalue weighted by Gasteiger charge is -2.10. The van der Waals surface area contributed by atoms with E-state index in [0.717, 1.165) is 29.9 Å². The van der Waals surface area contributed by atoms with Crippen molar-refractivity contribution in [3.8, 4) is 0 Å². The Kier molecular flexibility index (Phi) is 5.04. The number of nitrogens with one attached hydrogen (secondary N) is 2. The molecule has 0 fully saturated rings. The first-order chi connectivity index (χ1) is 9.60. The topological polar surface area (TPSA) is 49.8 Å². The second-order valence-corrected chi connectivity index (χ2v) is 5.23. The fourth-order valence-corrected chi connectivity index (χ4v) is 2.28. The first-order valence-corrected chi connectivity index (χ1v) is 7.05. The third-order valence-electron chi connectivity index (χ3n) is 2.90. The Bertz CT molecular complexity index is 602. The zero-order valence-corrected chi connectivity index (χ0v) is 12.9. The predicted octanol–water partition coefficient (Wildman–Crippen LogP) is 3.79. The van der Waals surface area contributed by atoms with Gasteiger partial charge < -0.3 is 10.6 Å². The minimum absolute atomic E-state index is 0.600. The summed E-state index contributed by atoms with van der Waals surface area (Å²) in [6.07, 6.45) is 2.59. The van der Waals surface area contributed by atoms with Crippen LogP contribution in [0.5, 0.6) is 0 Å². The molecule has 2 N–H and O–H groups in total. The molecule has 2 aromatic rings. The van der Waals surface area contributed by atoms with E-state index in [4.69, 9.17) is 23.2 Å². The van der Waals surface area contributed by atoms with Gasteiger partial charge in [0, 0.05) is 35.4 Å². The van der Waals surface area contributed by atoms with E-state index in [2.05, 4.69) is 20.6 Å². The van der Waals surface area contributed by atoms with Crippen LogP contribution in [0.4, 0.5) is 11.8 Å². The summed E-state index contributed by atoms with van der Waals surface area (Å²) < 4.78 is 0. The van der Waals surface area contributed by atoms with Crippen LogP contribution in [0.2, 0.25) is 10.0 Å². The summed E-state index contributed by atoms with van der Waals surface area (Å²) in [7, 11) is 1.79. The van der Waals surface area contributed by atoms with Gasteiger partial charge in [0.05, 0.1) is 0 Å². The molecule has 2 rings (SSSR count). The molecule has 0 saturated heterocycles. The van der Waals surface area contributed by atoms with E-state index < -0.39 is 0 Å². The number of halogens is 2. The maximum atomic E-state index is 6.14. The third kappa shape index (κ3) is 3.74. The number of anilines is 2. The van der Waals surface area contributed by atoms with Crippen LogP contribution in [0.3, 0.4) is 0 Å². The van der Waals surface area contributed by atoms with Crippen LogP contribution >= 0.6 is 23.2 Å². The number of aryl methyl sites for hydroxylation is 1. The fourth-order valence-electron chi connectivity index (χ4n) is 1.78. The summed E-state index contributed by atoms with van der Waals surface area (Å²) >= 11 is 12.0. The minimum Gasteiger partial charge on any atom is -0.369 e. The highest BCUT2D eigenvalue weighted by atomic mass is 35.5. The molecule has 4 nitrogen and oxygen atoms in total. The van der Waals surface area contributed by atoms with E-state index in [1.54, 1.807) is 19.3 Å². The van der Waals surface area contributed by atoms with E-state index >= 15 is 0 Å². The molecule has 0 amide bonds. The van der Waals surface area contributed by atoms with Gasteiger partial charge in [-0.15, -0.1) is 0 Å². The van der Waals surface area contributed by atoms with Gasteiger partial charge in [0.25, 0.3) is 0 Å². The first-order valence-electron chi connectivity index (χ1n) is 6.29. The third-order valence-corrected chi connectivity index (χ3v) is 3.48. The Morgan fingerprint density at radius 3 is 2.75 bits per heavy atom. The number of hydrogen-bond donors (Lipinski definition) is 2. The van der Waals surface area contributed by atoms with Gasteiger partial charge in [-0.2, -0.15) is 4.98 Å². The largest absolute Gasteiger partial charge is 0.369 e. The molecule has 1 aromatic heterocycles. The number of nitrogens with zero attached hydrogens (tertiary/aromatic N) is 2. The Hall–Kier alpha value is -1.52. The molecule has 6 heteroatoms. The fraction of sp³-hybridized carbons (Fsp3) is 0.286. The van der Waals surface area contributed by atoms with Gasteiger partial charge in [-0.05, 0) is 31.0 Å². The first kappa shape index (κ1) is 14.9. The molecule has 0 radical (unpaired) electrons. The van der Waals surface area contributed by atoms with Crippen LogP contribution < -0.4 is 10.6 Å². The summed E-state index contributed by atoms with van der Waals surface area (Å²) in [5.41, 5.74) is 2.07. The SMILES string of the molecule is CNc1ncc(C)c(NCCc2ccc(Cl)cc2Cl)n1. The highest BCUT2D eigenvalue weighted by molar-refractivity contribution is 6.35. The molecular formula is C14H16Cl2N4. The Morgan fingerprint density at radius 2 is 2.05 bits per heavy atom. The van der Waals surface area contributed by atoms with Crippen molar-refractivity contribution in [1.29, 1.82) is 0 Å². The molecule has 0 aliphatic rings. The number of hydrogen-bond acceptors (Lipinski definition) is 4. The van der Waals surface area contributed by atoms with Crippen LogP contribution in [0.1, 0.15) is 11.1 Å². The lowest BCUT2D eigenvalue weighted by Crippen LogP contribution is -2.09. The van der Waals surface area contributed by atoms with Crippen molar-refractivity contribution in [2.45, 2.75) is 13.3 Å². The molecule has 0 atom stereocenters. The monoisotopic (exact) mass is 310 g/mol. The van der Waals surface area contributed by atoms with E-state index in [9.17, 15) is 0 Å². The van der Waals surface area contributed by atoms with Crippen LogP contribution in [-0.4, -0.2) is 23.6 Å². The second-order valence-electron chi connectivity index (χ2n) is 4.39. The van der Waals surface area contributed by atoms with Gasteiger partial charge in [0.2, 0.25) is 5.95 Å². The van der Waals surface area contributed by atoms with Crippen LogP contribution in [0.25, 0.3) is 0 Å². The van der Waals surface area contributed by atoms with E-state index in [-0.39, 0.29) is 0 Å². The number of benzene rings is 1. The van der Waals surface area contributed by atoms with E-state index in [1.165, 1.54) is 0 Å². The standard InChI is InChI=1S/C14H16Cl2N4/c1-9-8-19-14(17-2)20-13(9)18-6-5-10-3-4-11(15)7-12(10)16/h3-4,7-8H,5-6H2,1-2H3,(H2,17,18,19,20). The molecule has 0 bridgehead atoms. The highest BCUT2D eigenvalue weighted by Gasteiger charge is 2.04. The Morgan fingerprint density at radius 1 is 1.25 bits per heavy atom. The summed E-state index contributed by atoms with van der Waals surface area (Å²) in [6, 6.07) is 5.55. The normalized spacial score (nSPS) is 10.4. The van der Waals surface area contributed by atoms with E-state index in [1.807, 2.05) is 19.1 Å². The average Bonchev–Trinajstić information content (AvgIpc) is 2.43. The zero-order chi connectivity index (χ0) is 14.5. The van der Waals surface area contributed by atoms with Gasteiger partial charge in [0.15, 0.2) is 0 Å². The quantitative estimate of drug-likeness (QED) is 0.882. The van der Waals surface area contributed by atoms with Crippen LogP contribution in [-0.2, 0) is 6.42 Å². The molecule has 1 heterocycles. The van der Waals surface area contributed by atoms with Crippen molar-refractivity contribution in [3.63, 3.8) is 0 Å². The highest BCUT2D eigenvalue weighted by Crippen LogP contribution is 2.21. The van der Waals surface area contributed by atoms with Crippen LogP contribution in [0, 0.1) is 6.92 Å². The number of rotatable bonds is 5. The summed E-state index contributed by atoms with van der Waals surface area (Å²) in [4.78, 5) is 8.52. The molecule has 0 unspecified atom stereocenters. The zero-order valence-electron chi connectivity index (χ0n) is 11.4. The molecule has 0 aliphatic carbocycles. The molecule has 1 aromatic carbocycles. The smallest absolute Gasteiger partial charge is 0.224 e. The van der Waals surface area contributed by atoms with Crippen molar-refractivity contribution in [2.75, 3.05) is 24.2 Å². The summed E-state index contributed by atoms with van der Waals surface area (Å²) in [5.74, 6) is 1.43. The van der Waals surface area contributed by atoms with Crippen molar-refractivity contribution >= 4 is 35.0 Å². The minimum atomic E-state index is 0.600. The molecule has 0 spiro atoms. The molecule has 0 saturated carbocycles. The number of aromatic nitrogens is 2. The Balaban J connectivity index is 1.99. The van der Waals surface area contributed by atoms with Crippen molar-refractivity contribution in [2.24, 2.45) is 0 Å². The summed E-state index contributed by atoms with van der Waals surface area (Å²) in [5, 5.41) is 7.55. The van der Waals surface area contributed by atoms with Gasteiger partial charge in [-0.3, -0.25) is 0 Å². The predicted molar refractivity (Wildman–Crippen MR) is 85.0 cm³/mol. The summed E-state index contributed by atoms with van der Waals surface area (Å²) in [6.45, 7) is 2.71. The lowest BCUT2D eigenvalue weighted by molar-refractivity contribution is 0.992. The van der Waals surface area contributed by atoms with Gasteiger partial charge in [0.1, 0.15) is 5.82 Å². The molecule has 20 heavy (non-hydrogen) atoms. The van der Waals surface area contributed by atoms with Gasteiger partial charge in [-0.1, -0.05) is 29.3 Å². The molecular weight excluding hydrogens is 295 g/mol. The van der Waals surface area contributed by atoms with Crippen molar-refractivity contribution in [1.82, 2.24) is 9.97 Å². The van der Waals surface area contributed by atoms with Crippen molar-refractivity contribution < 1.29 is 0 Å². The van der Waals surface area contributed by atoms with Gasteiger partial charge in [-0.25, -0.2) is 4.98 Å². The maximum absolute atomic E-state index is 6.14. The average molecular weight is 311 g/mol. The lowest BCUT2D eigenvalue weighted by atomic mass is 10.1. The van der Waals surface area contributed by atoms with Crippen LogP contribution in [0.15, 0.2) is 24.4 Å². The van der Waals surface area contributed by atoms with Gasteiger partial charge >= 0.3 is 0 Å². The van der Waals surface area contributed by atoms with Crippen molar-refractivity contribution in [3.05, 3.63) is 45.6 Å². The Labute approximate surface area is 128 Å². The van der Waals surface area contributed by atoms with E-state index in [0.29, 0.717) is 16.0 Å². The second kappa shape index (κ2) is 6.77. The maximum Gasteiger partial charge on any atom is 0.224 e.